The highest BCUT2D eigenvalue weighted by Crippen LogP contribution is 2.32. The Labute approximate surface area is 93.9 Å². The van der Waals surface area contributed by atoms with Crippen molar-refractivity contribution in [1.29, 1.82) is 0 Å². The van der Waals surface area contributed by atoms with Crippen molar-refractivity contribution < 1.29 is 14.6 Å². The summed E-state index contributed by atoms with van der Waals surface area (Å²) in [6.07, 6.45) is 0.821. The van der Waals surface area contributed by atoms with Crippen LogP contribution in [-0.2, 0) is 6.42 Å². The van der Waals surface area contributed by atoms with E-state index in [0.717, 1.165) is 24.0 Å². The smallest absolute Gasteiger partial charge is 0.126 e. The number of hydrogen-bond acceptors (Lipinski definition) is 3. The zero-order valence-corrected chi connectivity index (χ0v) is 8.99. The summed E-state index contributed by atoms with van der Waals surface area (Å²) in [7, 11) is 0. The van der Waals surface area contributed by atoms with Crippen LogP contribution < -0.4 is 5.32 Å². The Kier molecular flexibility index (Phi) is 3.53. The van der Waals surface area contributed by atoms with Gasteiger partial charge in [-0.05, 0) is 30.0 Å². The van der Waals surface area contributed by atoms with Crippen LogP contribution in [0.3, 0.4) is 0 Å². The van der Waals surface area contributed by atoms with Crippen molar-refractivity contribution in [3.63, 3.8) is 0 Å². The lowest BCUT2D eigenvalue weighted by molar-refractivity contribution is 0.0919. The second-order valence-electron chi connectivity index (χ2n) is 4.14. The van der Waals surface area contributed by atoms with E-state index in [1.54, 1.807) is 6.07 Å². The molecule has 1 aromatic rings. The molecule has 16 heavy (non-hydrogen) atoms. The fraction of sp³-hybridized carbons (Fsp3) is 0.500. The number of benzene rings is 1. The van der Waals surface area contributed by atoms with E-state index in [9.17, 15) is 9.50 Å². The molecule has 0 bridgehead atoms. The number of hydrogen-bond donors (Lipinski definition) is 3. The van der Waals surface area contributed by atoms with Crippen molar-refractivity contribution in [2.75, 3.05) is 13.2 Å². The van der Waals surface area contributed by atoms with Crippen molar-refractivity contribution in [3.8, 4) is 0 Å². The molecular formula is C12H16FNO2. The number of halogens is 1. The van der Waals surface area contributed by atoms with Gasteiger partial charge < -0.3 is 15.5 Å². The normalized spacial score (nSPS) is 20.8. The van der Waals surface area contributed by atoms with E-state index in [1.807, 2.05) is 6.07 Å². The predicted octanol–water partition coefficient (Wildman–Crippen LogP) is 0.756. The first-order valence-electron chi connectivity index (χ1n) is 5.52. The molecule has 1 aliphatic rings. The van der Waals surface area contributed by atoms with Crippen LogP contribution in [0.2, 0.25) is 0 Å². The van der Waals surface area contributed by atoms with E-state index in [0.29, 0.717) is 6.54 Å². The van der Waals surface area contributed by atoms with Gasteiger partial charge in [0.1, 0.15) is 5.82 Å². The summed E-state index contributed by atoms with van der Waals surface area (Å²) in [6.45, 7) is 0.0762. The topological polar surface area (TPSA) is 52.5 Å². The second kappa shape index (κ2) is 4.91. The molecule has 0 aromatic heterocycles. The van der Waals surface area contributed by atoms with Crippen LogP contribution in [0, 0.1) is 5.82 Å². The van der Waals surface area contributed by atoms with Gasteiger partial charge in [0.05, 0.1) is 12.7 Å². The first kappa shape index (κ1) is 11.5. The van der Waals surface area contributed by atoms with Gasteiger partial charge in [0.25, 0.3) is 0 Å². The molecule has 0 amide bonds. The van der Waals surface area contributed by atoms with Gasteiger partial charge >= 0.3 is 0 Å². The molecule has 1 aliphatic carbocycles. The highest BCUT2D eigenvalue weighted by atomic mass is 19.1. The van der Waals surface area contributed by atoms with Crippen LogP contribution in [0.1, 0.15) is 23.6 Å². The fourth-order valence-electron chi connectivity index (χ4n) is 2.16. The molecule has 2 atom stereocenters. The maximum absolute atomic E-state index is 13.4. The molecule has 0 spiro atoms. The van der Waals surface area contributed by atoms with Gasteiger partial charge in [0.2, 0.25) is 0 Å². The van der Waals surface area contributed by atoms with Crippen molar-refractivity contribution in [2.24, 2.45) is 0 Å². The van der Waals surface area contributed by atoms with Crippen LogP contribution in [0.25, 0.3) is 0 Å². The van der Waals surface area contributed by atoms with Gasteiger partial charge in [-0.1, -0.05) is 12.1 Å². The van der Waals surface area contributed by atoms with Gasteiger partial charge in [-0.25, -0.2) is 4.39 Å². The number of nitrogens with one attached hydrogen (secondary N) is 1. The quantitative estimate of drug-likeness (QED) is 0.709. The molecule has 0 radical (unpaired) electrons. The first-order valence-corrected chi connectivity index (χ1v) is 5.52. The minimum absolute atomic E-state index is 0.0897. The van der Waals surface area contributed by atoms with E-state index in [2.05, 4.69) is 5.32 Å². The van der Waals surface area contributed by atoms with E-state index < -0.39 is 6.10 Å². The SMILES string of the molecule is OCC(O)CNC1CCc2c(F)cccc21. The lowest BCUT2D eigenvalue weighted by Gasteiger charge is -2.16. The van der Waals surface area contributed by atoms with Crippen LogP contribution in [0.5, 0.6) is 0 Å². The third-order valence-corrected chi connectivity index (χ3v) is 3.02. The van der Waals surface area contributed by atoms with Gasteiger partial charge in [-0.2, -0.15) is 0 Å². The fourth-order valence-corrected chi connectivity index (χ4v) is 2.16. The van der Waals surface area contributed by atoms with E-state index in [-0.39, 0.29) is 18.5 Å². The average molecular weight is 225 g/mol. The van der Waals surface area contributed by atoms with Crippen LogP contribution in [0.15, 0.2) is 18.2 Å². The first-order chi connectivity index (χ1) is 7.72. The van der Waals surface area contributed by atoms with Gasteiger partial charge in [-0.15, -0.1) is 0 Å². The minimum Gasteiger partial charge on any atom is -0.394 e. The van der Waals surface area contributed by atoms with Crippen LogP contribution in [-0.4, -0.2) is 29.5 Å². The Morgan fingerprint density at radius 1 is 1.50 bits per heavy atom. The molecule has 0 aliphatic heterocycles. The van der Waals surface area contributed by atoms with Gasteiger partial charge in [0.15, 0.2) is 0 Å². The molecule has 0 heterocycles. The molecule has 0 saturated carbocycles. The van der Waals surface area contributed by atoms with Crippen molar-refractivity contribution in [3.05, 3.63) is 35.1 Å². The predicted molar refractivity (Wildman–Crippen MR) is 58.6 cm³/mol. The summed E-state index contributed by atoms with van der Waals surface area (Å²) in [4.78, 5) is 0. The summed E-state index contributed by atoms with van der Waals surface area (Å²) in [5.41, 5.74) is 1.75. The Bertz CT molecular complexity index is 370. The Morgan fingerprint density at radius 3 is 3.06 bits per heavy atom. The molecule has 2 unspecified atom stereocenters. The molecular weight excluding hydrogens is 209 g/mol. The third-order valence-electron chi connectivity index (χ3n) is 3.02. The summed E-state index contributed by atoms with van der Waals surface area (Å²) < 4.78 is 13.4. The molecule has 3 N–H and O–H groups in total. The Hall–Kier alpha value is -0.970. The number of aliphatic hydroxyl groups is 2. The summed E-state index contributed by atoms with van der Waals surface area (Å²) in [5.74, 6) is -0.149. The van der Waals surface area contributed by atoms with Gasteiger partial charge in [0, 0.05) is 12.6 Å². The highest BCUT2D eigenvalue weighted by Gasteiger charge is 2.24. The van der Waals surface area contributed by atoms with E-state index >= 15 is 0 Å². The average Bonchev–Trinajstić information content (AvgIpc) is 2.70. The second-order valence-corrected chi connectivity index (χ2v) is 4.14. The number of aliphatic hydroxyl groups excluding tert-OH is 2. The molecule has 1 aromatic carbocycles. The number of rotatable bonds is 4. The minimum atomic E-state index is -0.752. The highest BCUT2D eigenvalue weighted by molar-refractivity contribution is 5.35. The maximum atomic E-state index is 13.4. The Balaban J connectivity index is 2.03. The summed E-state index contributed by atoms with van der Waals surface area (Å²) in [6, 6.07) is 5.18. The molecule has 88 valence electrons. The standard InChI is InChI=1S/C12H16FNO2/c13-11-3-1-2-10-9(11)4-5-12(10)14-6-8(16)7-15/h1-3,8,12,14-16H,4-7H2. The lowest BCUT2D eigenvalue weighted by atomic mass is 10.1. The summed E-state index contributed by atoms with van der Waals surface area (Å²) in [5, 5.41) is 21.1. The van der Waals surface area contributed by atoms with Gasteiger partial charge in [-0.3, -0.25) is 0 Å². The zero-order chi connectivity index (χ0) is 11.5. The monoisotopic (exact) mass is 225 g/mol. The molecule has 3 nitrogen and oxygen atoms in total. The van der Waals surface area contributed by atoms with E-state index in [1.165, 1.54) is 6.07 Å². The lowest BCUT2D eigenvalue weighted by Crippen LogP contribution is -2.31. The summed E-state index contributed by atoms with van der Waals surface area (Å²) >= 11 is 0. The maximum Gasteiger partial charge on any atom is 0.126 e. The Morgan fingerprint density at radius 2 is 2.31 bits per heavy atom. The molecule has 4 heteroatoms. The van der Waals surface area contributed by atoms with Crippen LogP contribution >= 0.6 is 0 Å². The number of fused-ring (bicyclic) bond motifs is 1. The zero-order valence-electron chi connectivity index (χ0n) is 8.99. The van der Waals surface area contributed by atoms with Crippen LogP contribution in [0.4, 0.5) is 4.39 Å². The van der Waals surface area contributed by atoms with Crippen molar-refractivity contribution >= 4 is 0 Å². The van der Waals surface area contributed by atoms with E-state index in [4.69, 9.17) is 5.11 Å². The van der Waals surface area contributed by atoms with Crippen molar-refractivity contribution in [2.45, 2.75) is 25.0 Å². The van der Waals surface area contributed by atoms with Crippen molar-refractivity contribution in [1.82, 2.24) is 5.32 Å². The molecule has 0 saturated heterocycles. The molecule has 0 fully saturated rings. The molecule has 2 rings (SSSR count). The largest absolute Gasteiger partial charge is 0.394 e. The third kappa shape index (κ3) is 2.24.